The second kappa shape index (κ2) is 8.29. The average molecular weight is 334 g/mol. The van der Waals surface area contributed by atoms with Gasteiger partial charge in [-0.1, -0.05) is 30.0 Å². The third-order valence-electron chi connectivity index (χ3n) is 3.76. The standard InChI is InChI=1S/C21H18O4/c22-14-17-7-10-18(11-8-17)24-20-13-12-19(25-21(20)15-23)9-6-16-4-2-1-3-5-16/h1-5,7-8,10-14,19-21,23H,15H2/t19-,20+,21-/m1/s1. The van der Waals surface area contributed by atoms with E-state index in [9.17, 15) is 9.90 Å². The molecule has 2 aromatic carbocycles. The number of aliphatic hydroxyl groups is 1. The Balaban J connectivity index is 1.68. The molecule has 1 N–H and O–H groups in total. The summed E-state index contributed by atoms with van der Waals surface area (Å²) >= 11 is 0. The normalized spacial score (nSPS) is 21.9. The van der Waals surface area contributed by atoms with E-state index in [1.807, 2.05) is 42.5 Å². The zero-order valence-corrected chi connectivity index (χ0v) is 13.5. The van der Waals surface area contributed by atoms with Crippen LogP contribution in [0.25, 0.3) is 0 Å². The lowest BCUT2D eigenvalue weighted by Crippen LogP contribution is -2.40. The molecule has 2 aromatic rings. The van der Waals surface area contributed by atoms with E-state index in [4.69, 9.17) is 9.47 Å². The van der Waals surface area contributed by atoms with Gasteiger partial charge in [-0.15, -0.1) is 0 Å². The molecule has 1 aliphatic rings. The predicted molar refractivity (Wildman–Crippen MR) is 94.5 cm³/mol. The Morgan fingerprint density at radius 1 is 1.08 bits per heavy atom. The molecule has 0 bridgehead atoms. The molecule has 3 rings (SSSR count). The smallest absolute Gasteiger partial charge is 0.150 e. The van der Waals surface area contributed by atoms with Crippen molar-refractivity contribution in [3.63, 3.8) is 0 Å². The van der Waals surface area contributed by atoms with Gasteiger partial charge in [-0.05, 0) is 48.6 Å². The molecule has 0 spiro atoms. The Hall–Kier alpha value is -2.87. The Bertz CT molecular complexity index is 784. The molecule has 0 saturated heterocycles. The van der Waals surface area contributed by atoms with Crippen molar-refractivity contribution in [2.24, 2.45) is 0 Å². The maximum atomic E-state index is 10.7. The molecule has 0 radical (unpaired) electrons. The van der Waals surface area contributed by atoms with E-state index in [0.29, 0.717) is 11.3 Å². The number of carbonyl (C=O) groups excluding carboxylic acids is 1. The molecule has 1 aliphatic heterocycles. The first-order chi connectivity index (χ1) is 12.3. The van der Waals surface area contributed by atoms with Crippen molar-refractivity contribution in [2.45, 2.75) is 18.3 Å². The van der Waals surface area contributed by atoms with E-state index < -0.39 is 18.3 Å². The first-order valence-corrected chi connectivity index (χ1v) is 8.01. The van der Waals surface area contributed by atoms with Crippen LogP contribution < -0.4 is 4.74 Å². The first kappa shape index (κ1) is 17.0. The van der Waals surface area contributed by atoms with Crippen LogP contribution in [0.3, 0.4) is 0 Å². The maximum absolute atomic E-state index is 10.7. The third-order valence-corrected chi connectivity index (χ3v) is 3.76. The number of benzene rings is 2. The van der Waals surface area contributed by atoms with Gasteiger partial charge in [-0.3, -0.25) is 4.79 Å². The summed E-state index contributed by atoms with van der Waals surface area (Å²) in [7, 11) is 0. The lowest BCUT2D eigenvalue weighted by molar-refractivity contribution is -0.0549. The highest BCUT2D eigenvalue weighted by atomic mass is 16.6. The highest BCUT2D eigenvalue weighted by molar-refractivity contribution is 5.74. The number of aldehydes is 1. The van der Waals surface area contributed by atoms with Gasteiger partial charge >= 0.3 is 0 Å². The van der Waals surface area contributed by atoms with E-state index in [1.54, 1.807) is 24.3 Å². The van der Waals surface area contributed by atoms with Gasteiger partial charge in [0.05, 0.1) is 6.61 Å². The number of rotatable bonds is 4. The fourth-order valence-electron chi connectivity index (χ4n) is 2.45. The second-order valence-electron chi connectivity index (χ2n) is 5.57. The average Bonchev–Trinajstić information content (AvgIpc) is 2.68. The van der Waals surface area contributed by atoms with Crippen molar-refractivity contribution in [3.8, 4) is 17.6 Å². The van der Waals surface area contributed by atoms with Gasteiger partial charge in [0, 0.05) is 11.1 Å². The predicted octanol–water partition coefficient (Wildman–Crippen LogP) is 2.61. The van der Waals surface area contributed by atoms with Crippen LogP contribution in [0.5, 0.6) is 5.75 Å². The fraction of sp³-hybridized carbons (Fsp3) is 0.190. The third kappa shape index (κ3) is 4.57. The minimum atomic E-state index is -0.508. The van der Waals surface area contributed by atoms with Crippen molar-refractivity contribution in [1.82, 2.24) is 0 Å². The van der Waals surface area contributed by atoms with Crippen molar-refractivity contribution in [2.75, 3.05) is 6.61 Å². The highest BCUT2D eigenvalue weighted by Crippen LogP contribution is 2.20. The molecular formula is C21H18O4. The summed E-state index contributed by atoms with van der Waals surface area (Å²) in [6.07, 6.45) is 3.14. The fourth-order valence-corrected chi connectivity index (χ4v) is 2.45. The Labute approximate surface area is 146 Å². The monoisotopic (exact) mass is 334 g/mol. The van der Waals surface area contributed by atoms with Crippen molar-refractivity contribution < 1.29 is 19.4 Å². The van der Waals surface area contributed by atoms with E-state index in [2.05, 4.69) is 11.8 Å². The van der Waals surface area contributed by atoms with E-state index in [1.165, 1.54) is 0 Å². The van der Waals surface area contributed by atoms with E-state index >= 15 is 0 Å². The van der Waals surface area contributed by atoms with Crippen LogP contribution in [0, 0.1) is 11.8 Å². The summed E-state index contributed by atoms with van der Waals surface area (Å²) in [6.45, 7) is -0.176. The van der Waals surface area contributed by atoms with E-state index in [0.717, 1.165) is 11.8 Å². The number of hydrogen-bond acceptors (Lipinski definition) is 4. The lowest BCUT2D eigenvalue weighted by atomic mass is 10.1. The van der Waals surface area contributed by atoms with Gasteiger partial charge in [-0.2, -0.15) is 0 Å². The van der Waals surface area contributed by atoms with Crippen molar-refractivity contribution >= 4 is 6.29 Å². The van der Waals surface area contributed by atoms with Crippen LogP contribution in [-0.4, -0.2) is 36.3 Å². The van der Waals surface area contributed by atoms with Crippen LogP contribution >= 0.6 is 0 Å². The number of aliphatic hydroxyl groups excluding tert-OH is 1. The van der Waals surface area contributed by atoms with E-state index in [-0.39, 0.29) is 6.61 Å². The van der Waals surface area contributed by atoms with Crippen LogP contribution in [0.2, 0.25) is 0 Å². The minimum absolute atomic E-state index is 0.176. The molecule has 0 aromatic heterocycles. The summed E-state index contributed by atoms with van der Waals surface area (Å²) in [5, 5.41) is 9.59. The zero-order valence-electron chi connectivity index (χ0n) is 13.5. The van der Waals surface area contributed by atoms with Gasteiger partial charge in [0.2, 0.25) is 0 Å². The van der Waals surface area contributed by atoms with Crippen LogP contribution in [0.1, 0.15) is 15.9 Å². The van der Waals surface area contributed by atoms with Gasteiger partial charge in [0.1, 0.15) is 30.3 Å². The summed E-state index contributed by atoms with van der Waals surface area (Å²) in [5.41, 5.74) is 1.49. The molecule has 0 fully saturated rings. The molecule has 4 nitrogen and oxygen atoms in total. The van der Waals surface area contributed by atoms with Crippen molar-refractivity contribution in [3.05, 3.63) is 77.9 Å². The zero-order chi connectivity index (χ0) is 17.5. The lowest BCUT2D eigenvalue weighted by Gasteiger charge is -2.29. The van der Waals surface area contributed by atoms with Crippen molar-refractivity contribution in [1.29, 1.82) is 0 Å². The molecule has 0 unspecified atom stereocenters. The molecule has 4 heteroatoms. The molecule has 0 amide bonds. The summed E-state index contributed by atoms with van der Waals surface area (Å²) in [6, 6.07) is 16.4. The Morgan fingerprint density at radius 3 is 2.52 bits per heavy atom. The summed E-state index contributed by atoms with van der Waals surface area (Å²) < 4.78 is 11.6. The van der Waals surface area contributed by atoms with Gasteiger partial charge in [0.25, 0.3) is 0 Å². The molecule has 1 heterocycles. The van der Waals surface area contributed by atoms with Crippen LogP contribution in [0.15, 0.2) is 66.7 Å². The molecule has 25 heavy (non-hydrogen) atoms. The molecule has 0 aliphatic carbocycles. The molecular weight excluding hydrogens is 316 g/mol. The summed E-state index contributed by atoms with van der Waals surface area (Å²) in [4.78, 5) is 10.7. The van der Waals surface area contributed by atoms with Gasteiger partial charge in [0.15, 0.2) is 0 Å². The number of ether oxygens (including phenoxy) is 2. The maximum Gasteiger partial charge on any atom is 0.150 e. The SMILES string of the molecule is O=Cc1ccc(O[C@H]2C=C[C@@H](C#Cc3ccccc3)O[C@@H]2CO)cc1. The van der Waals surface area contributed by atoms with Gasteiger partial charge < -0.3 is 14.6 Å². The topological polar surface area (TPSA) is 55.8 Å². The largest absolute Gasteiger partial charge is 0.484 e. The quantitative estimate of drug-likeness (QED) is 0.530. The Morgan fingerprint density at radius 2 is 1.84 bits per heavy atom. The minimum Gasteiger partial charge on any atom is -0.484 e. The molecule has 0 saturated carbocycles. The number of hydrogen-bond donors (Lipinski definition) is 1. The Kier molecular flexibility index (Phi) is 5.63. The first-order valence-electron chi connectivity index (χ1n) is 8.01. The van der Waals surface area contributed by atoms with Gasteiger partial charge in [-0.25, -0.2) is 0 Å². The second-order valence-corrected chi connectivity index (χ2v) is 5.57. The summed E-state index contributed by atoms with van der Waals surface area (Å²) in [5.74, 6) is 6.70. The number of carbonyl (C=O) groups is 1. The van der Waals surface area contributed by atoms with Crippen LogP contribution in [-0.2, 0) is 4.74 Å². The molecule has 126 valence electrons. The molecule has 3 atom stereocenters. The van der Waals surface area contributed by atoms with Crippen LogP contribution in [0.4, 0.5) is 0 Å². The highest BCUT2D eigenvalue weighted by Gasteiger charge is 2.27.